The molecule has 1 aromatic rings. The van der Waals surface area contributed by atoms with Gasteiger partial charge in [0.05, 0.1) is 17.9 Å². The predicted octanol–water partition coefficient (Wildman–Crippen LogP) is 5.15. The van der Waals surface area contributed by atoms with Crippen molar-refractivity contribution < 1.29 is 9.53 Å². The standard InChI is InChI=1S/C15H21N3O2/c1-2-3-4-5-6-9-12-20-15(19)13-10-7-8-11-14(13)17-18-16/h7-8,10-11H,2-6,9,12H2,1H3. The fourth-order valence-corrected chi connectivity index (χ4v) is 1.91. The molecule has 0 aliphatic carbocycles. The van der Waals surface area contributed by atoms with Crippen molar-refractivity contribution in [1.29, 1.82) is 0 Å². The molecule has 0 heterocycles. The Morgan fingerprint density at radius 2 is 1.90 bits per heavy atom. The first-order valence-corrected chi connectivity index (χ1v) is 7.10. The summed E-state index contributed by atoms with van der Waals surface area (Å²) in [6.45, 7) is 2.60. The molecule has 5 heteroatoms. The third-order valence-corrected chi connectivity index (χ3v) is 3.01. The van der Waals surface area contributed by atoms with Gasteiger partial charge >= 0.3 is 5.97 Å². The number of ether oxygens (including phenoxy) is 1. The maximum absolute atomic E-state index is 11.9. The first kappa shape index (κ1) is 16.1. The zero-order chi connectivity index (χ0) is 14.6. The van der Waals surface area contributed by atoms with Gasteiger partial charge in [-0.15, -0.1) is 0 Å². The number of esters is 1. The van der Waals surface area contributed by atoms with Crippen LogP contribution in [0.15, 0.2) is 29.4 Å². The van der Waals surface area contributed by atoms with Crippen LogP contribution in [0.4, 0.5) is 5.69 Å². The molecule has 108 valence electrons. The summed E-state index contributed by atoms with van der Waals surface area (Å²) in [5, 5.41) is 3.49. The van der Waals surface area contributed by atoms with Crippen LogP contribution >= 0.6 is 0 Å². The van der Waals surface area contributed by atoms with Gasteiger partial charge in [0, 0.05) is 4.91 Å². The molecule has 0 saturated carbocycles. The highest BCUT2D eigenvalue weighted by Crippen LogP contribution is 2.19. The molecule has 0 aromatic heterocycles. The van der Waals surface area contributed by atoms with Crippen LogP contribution in [0.25, 0.3) is 10.4 Å². The number of hydrogen-bond donors (Lipinski definition) is 0. The van der Waals surface area contributed by atoms with Crippen LogP contribution in [-0.4, -0.2) is 12.6 Å². The minimum absolute atomic E-state index is 0.308. The van der Waals surface area contributed by atoms with Crippen LogP contribution in [-0.2, 0) is 4.74 Å². The van der Waals surface area contributed by atoms with Gasteiger partial charge in [-0.05, 0) is 18.0 Å². The third-order valence-electron chi connectivity index (χ3n) is 3.01. The molecule has 0 amide bonds. The van der Waals surface area contributed by atoms with Gasteiger partial charge in [0.15, 0.2) is 0 Å². The lowest BCUT2D eigenvalue weighted by atomic mass is 10.1. The molecule has 0 radical (unpaired) electrons. The summed E-state index contributed by atoms with van der Waals surface area (Å²) in [4.78, 5) is 14.6. The number of azide groups is 1. The van der Waals surface area contributed by atoms with E-state index in [0.29, 0.717) is 17.9 Å². The van der Waals surface area contributed by atoms with Gasteiger partial charge in [-0.1, -0.05) is 62.3 Å². The number of hydrogen-bond acceptors (Lipinski definition) is 3. The first-order valence-electron chi connectivity index (χ1n) is 7.10. The van der Waals surface area contributed by atoms with E-state index in [-0.39, 0.29) is 0 Å². The van der Waals surface area contributed by atoms with Crippen LogP contribution in [0.3, 0.4) is 0 Å². The van der Waals surface area contributed by atoms with Crippen molar-refractivity contribution in [3.63, 3.8) is 0 Å². The molecule has 0 aliphatic rings. The Morgan fingerprint density at radius 1 is 1.20 bits per heavy atom. The number of carbonyl (C=O) groups excluding carboxylic acids is 1. The van der Waals surface area contributed by atoms with Crippen molar-refractivity contribution in [2.75, 3.05) is 6.61 Å². The number of benzene rings is 1. The molecule has 0 fully saturated rings. The van der Waals surface area contributed by atoms with Crippen molar-refractivity contribution in [2.24, 2.45) is 5.11 Å². The Hall–Kier alpha value is -2.00. The highest BCUT2D eigenvalue weighted by atomic mass is 16.5. The summed E-state index contributed by atoms with van der Waals surface area (Å²) in [7, 11) is 0. The van der Waals surface area contributed by atoms with E-state index in [1.54, 1.807) is 24.3 Å². The summed E-state index contributed by atoms with van der Waals surface area (Å²) in [5.74, 6) is -0.429. The second kappa shape index (κ2) is 9.87. The van der Waals surface area contributed by atoms with Crippen molar-refractivity contribution >= 4 is 11.7 Å². The van der Waals surface area contributed by atoms with Crippen LogP contribution < -0.4 is 0 Å². The summed E-state index contributed by atoms with van der Waals surface area (Å²) >= 11 is 0. The Balaban J connectivity index is 2.34. The molecule has 0 N–H and O–H groups in total. The lowest BCUT2D eigenvalue weighted by Gasteiger charge is -2.06. The summed E-state index contributed by atoms with van der Waals surface area (Å²) < 4.78 is 5.20. The first-order chi connectivity index (χ1) is 9.79. The molecule has 1 aromatic carbocycles. The number of rotatable bonds is 9. The summed E-state index contributed by atoms with van der Waals surface area (Å²) in [5.41, 5.74) is 9.07. The lowest BCUT2D eigenvalue weighted by Crippen LogP contribution is -2.06. The predicted molar refractivity (Wildman–Crippen MR) is 78.9 cm³/mol. The Morgan fingerprint density at radius 3 is 2.65 bits per heavy atom. The summed E-state index contributed by atoms with van der Waals surface area (Å²) in [6, 6.07) is 6.64. The average molecular weight is 275 g/mol. The molecule has 0 saturated heterocycles. The zero-order valence-corrected chi connectivity index (χ0v) is 11.9. The minimum atomic E-state index is -0.429. The fraction of sp³-hybridized carbons (Fsp3) is 0.533. The fourth-order valence-electron chi connectivity index (χ4n) is 1.91. The summed E-state index contributed by atoms with van der Waals surface area (Å²) in [6.07, 6.45) is 6.86. The van der Waals surface area contributed by atoms with Gasteiger partial charge in [-0.25, -0.2) is 4.79 Å². The second-order valence-corrected chi connectivity index (χ2v) is 4.61. The molecule has 0 atom stereocenters. The van der Waals surface area contributed by atoms with Gasteiger partial charge in [-0.2, -0.15) is 0 Å². The van der Waals surface area contributed by atoms with E-state index in [1.807, 2.05) is 0 Å². The second-order valence-electron chi connectivity index (χ2n) is 4.61. The molecular formula is C15H21N3O2. The Bertz CT molecular complexity index is 468. The van der Waals surface area contributed by atoms with Crippen LogP contribution in [0, 0.1) is 0 Å². The van der Waals surface area contributed by atoms with E-state index in [1.165, 1.54) is 25.7 Å². The van der Waals surface area contributed by atoms with Crippen LogP contribution in [0.1, 0.15) is 55.8 Å². The van der Waals surface area contributed by atoms with Gasteiger partial charge in [0.1, 0.15) is 0 Å². The number of unbranched alkanes of at least 4 members (excludes halogenated alkanes) is 5. The lowest BCUT2D eigenvalue weighted by molar-refractivity contribution is 0.0498. The third kappa shape index (κ3) is 5.76. The van der Waals surface area contributed by atoms with E-state index >= 15 is 0 Å². The smallest absolute Gasteiger partial charge is 0.338 e. The topological polar surface area (TPSA) is 75.1 Å². The highest BCUT2D eigenvalue weighted by molar-refractivity contribution is 5.94. The van der Waals surface area contributed by atoms with Crippen LogP contribution in [0.5, 0.6) is 0 Å². The van der Waals surface area contributed by atoms with Gasteiger partial charge in [0.25, 0.3) is 0 Å². The maximum atomic E-state index is 11.9. The quantitative estimate of drug-likeness (QED) is 0.205. The Labute approximate surface area is 119 Å². The number of carbonyl (C=O) groups is 1. The van der Waals surface area contributed by atoms with E-state index in [4.69, 9.17) is 10.3 Å². The van der Waals surface area contributed by atoms with E-state index < -0.39 is 5.97 Å². The zero-order valence-electron chi connectivity index (χ0n) is 11.9. The Kier molecular flexibility index (Phi) is 7.92. The highest BCUT2D eigenvalue weighted by Gasteiger charge is 2.10. The van der Waals surface area contributed by atoms with E-state index in [0.717, 1.165) is 12.8 Å². The van der Waals surface area contributed by atoms with Crippen molar-refractivity contribution in [3.05, 3.63) is 40.3 Å². The molecule has 0 unspecified atom stereocenters. The van der Waals surface area contributed by atoms with Crippen molar-refractivity contribution in [3.8, 4) is 0 Å². The van der Waals surface area contributed by atoms with E-state index in [9.17, 15) is 4.79 Å². The van der Waals surface area contributed by atoms with Gasteiger partial charge < -0.3 is 4.74 Å². The molecule has 20 heavy (non-hydrogen) atoms. The molecule has 1 rings (SSSR count). The van der Waals surface area contributed by atoms with Crippen molar-refractivity contribution in [1.82, 2.24) is 0 Å². The van der Waals surface area contributed by atoms with Gasteiger partial charge in [0.2, 0.25) is 0 Å². The molecule has 0 spiro atoms. The largest absolute Gasteiger partial charge is 0.462 e. The molecule has 5 nitrogen and oxygen atoms in total. The SMILES string of the molecule is CCCCCCCCOC(=O)c1ccccc1N=[N+]=[N-]. The van der Waals surface area contributed by atoms with Gasteiger partial charge in [-0.3, -0.25) is 0 Å². The normalized spacial score (nSPS) is 9.85. The number of nitrogens with zero attached hydrogens (tertiary/aromatic N) is 3. The minimum Gasteiger partial charge on any atom is -0.462 e. The van der Waals surface area contributed by atoms with Crippen LogP contribution in [0.2, 0.25) is 0 Å². The monoisotopic (exact) mass is 275 g/mol. The van der Waals surface area contributed by atoms with E-state index in [2.05, 4.69) is 16.9 Å². The molecule has 0 bridgehead atoms. The van der Waals surface area contributed by atoms with Crippen molar-refractivity contribution in [2.45, 2.75) is 45.4 Å². The maximum Gasteiger partial charge on any atom is 0.338 e. The molecule has 0 aliphatic heterocycles. The molecular weight excluding hydrogens is 254 g/mol. The average Bonchev–Trinajstić information content (AvgIpc) is 2.47.